The fourth-order valence-corrected chi connectivity index (χ4v) is 2.50. The highest BCUT2D eigenvalue weighted by Gasteiger charge is 1.97. The maximum absolute atomic E-state index is 5.77. The van der Waals surface area contributed by atoms with Crippen molar-refractivity contribution in [2.24, 2.45) is 5.10 Å². The molecule has 4 nitrogen and oxygen atoms in total. The second-order valence-electron chi connectivity index (χ2n) is 5.88. The zero-order valence-corrected chi connectivity index (χ0v) is 15.7. The van der Waals surface area contributed by atoms with Gasteiger partial charge in [-0.2, -0.15) is 5.10 Å². The summed E-state index contributed by atoms with van der Waals surface area (Å²) in [5.41, 5.74) is 6.09. The molecule has 0 spiro atoms. The molecule has 27 heavy (non-hydrogen) atoms. The standard InChI is InChI=1S/C22H21N3OS/c27-22(23-15-18-7-3-1-4-8-18)25-24-16-19-11-13-21(14-12-19)26-17-20-9-5-2-6-10-20/h1-14,16H,15,17H2,(H2,23,25,27). The van der Waals surface area contributed by atoms with Crippen LogP contribution in [0.3, 0.4) is 0 Å². The molecule has 0 aromatic heterocycles. The Labute approximate surface area is 164 Å². The number of hydrazone groups is 1. The Morgan fingerprint density at radius 3 is 2.15 bits per heavy atom. The smallest absolute Gasteiger partial charge is 0.187 e. The van der Waals surface area contributed by atoms with E-state index < -0.39 is 0 Å². The molecule has 0 fully saturated rings. The highest BCUT2D eigenvalue weighted by molar-refractivity contribution is 7.80. The van der Waals surface area contributed by atoms with Crippen LogP contribution in [0, 0.1) is 0 Å². The summed E-state index contributed by atoms with van der Waals surface area (Å²) in [4.78, 5) is 0. The summed E-state index contributed by atoms with van der Waals surface area (Å²) in [6, 6.07) is 27.9. The third kappa shape index (κ3) is 6.56. The van der Waals surface area contributed by atoms with E-state index in [1.165, 1.54) is 0 Å². The number of hydrogen-bond donors (Lipinski definition) is 2. The number of nitrogens with one attached hydrogen (secondary N) is 2. The summed E-state index contributed by atoms with van der Waals surface area (Å²) in [6.07, 6.45) is 1.72. The Morgan fingerprint density at radius 2 is 1.48 bits per heavy atom. The van der Waals surface area contributed by atoms with Gasteiger partial charge >= 0.3 is 0 Å². The van der Waals surface area contributed by atoms with Crippen molar-refractivity contribution in [3.63, 3.8) is 0 Å². The Hall–Kier alpha value is -3.18. The summed E-state index contributed by atoms with van der Waals surface area (Å²) < 4.78 is 5.77. The highest BCUT2D eigenvalue weighted by Crippen LogP contribution is 2.13. The van der Waals surface area contributed by atoms with Gasteiger partial charge in [-0.25, -0.2) is 0 Å². The van der Waals surface area contributed by atoms with Gasteiger partial charge in [-0.15, -0.1) is 0 Å². The number of hydrogen-bond acceptors (Lipinski definition) is 3. The van der Waals surface area contributed by atoms with Crippen molar-refractivity contribution in [1.29, 1.82) is 0 Å². The molecule has 0 aliphatic carbocycles. The van der Waals surface area contributed by atoms with Crippen LogP contribution in [0.25, 0.3) is 0 Å². The van der Waals surface area contributed by atoms with Crippen LogP contribution < -0.4 is 15.5 Å². The van der Waals surface area contributed by atoms with Crippen molar-refractivity contribution in [1.82, 2.24) is 10.7 Å². The number of thiocarbonyl (C=S) groups is 1. The lowest BCUT2D eigenvalue weighted by Crippen LogP contribution is -2.31. The molecular weight excluding hydrogens is 354 g/mol. The molecule has 0 atom stereocenters. The Kier molecular flexibility index (Phi) is 6.95. The molecule has 0 amide bonds. The average Bonchev–Trinajstić information content (AvgIpc) is 2.73. The minimum atomic E-state index is 0.484. The molecule has 0 radical (unpaired) electrons. The second kappa shape index (κ2) is 10.1. The Bertz CT molecular complexity index is 865. The van der Waals surface area contributed by atoms with Gasteiger partial charge in [0.1, 0.15) is 12.4 Å². The number of ether oxygens (including phenoxy) is 1. The zero-order chi connectivity index (χ0) is 18.7. The lowest BCUT2D eigenvalue weighted by atomic mass is 10.2. The van der Waals surface area contributed by atoms with Gasteiger partial charge in [-0.1, -0.05) is 60.7 Å². The first-order valence-electron chi connectivity index (χ1n) is 8.67. The van der Waals surface area contributed by atoms with E-state index in [-0.39, 0.29) is 0 Å². The predicted octanol–water partition coefficient (Wildman–Crippen LogP) is 4.26. The largest absolute Gasteiger partial charge is 0.489 e. The van der Waals surface area contributed by atoms with Crippen LogP contribution in [0.5, 0.6) is 5.75 Å². The quantitative estimate of drug-likeness (QED) is 0.368. The molecule has 0 heterocycles. The van der Waals surface area contributed by atoms with Crippen LogP contribution >= 0.6 is 12.2 Å². The van der Waals surface area contributed by atoms with Gasteiger partial charge < -0.3 is 10.1 Å². The van der Waals surface area contributed by atoms with Gasteiger partial charge in [0.2, 0.25) is 0 Å². The Morgan fingerprint density at radius 1 is 0.852 bits per heavy atom. The van der Waals surface area contributed by atoms with Crippen LogP contribution in [0.1, 0.15) is 16.7 Å². The Balaban J connectivity index is 1.41. The van der Waals surface area contributed by atoms with Crippen LogP contribution in [-0.2, 0) is 13.2 Å². The molecule has 0 saturated carbocycles. The molecule has 0 saturated heterocycles. The van der Waals surface area contributed by atoms with Crippen molar-refractivity contribution >= 4 is 23.5 Å². The van der Waals surface area contributed by atoms with E-state index in [4.69, 9.17) is 17.0 Å². The minimum absolute atomic E-state index is 0.484. The SMILES string of the molecule is S=C(NCc1ccccc1)NN=Cc1ccc(OCc2ccccc2)cc1. The van der Waals surface area contributed by atoms with Gasteiger partial charge in [0, 0.05) is 6.54 Å². The maximum atomic E-state index is 5.77. The van der Waals surface area contributed by atoms with E-state index in [2.05, 4.69) is 15.8 Å². The maximum Gasteiger partial charge on any atom is 0.187 e. The minimum Gasteiger partial charge on any atom is -0.489 e. The number of benzene rings is 3. The van der Waals surface area contributed by atoms with Crippen LogP contribution in [0.2, 0.25) is 0 Å². The highest BCUT2D eigenvalue weighted by atomic mass is 32.1. The second-order valence-corrected chi connectivity index (χ2v) is 6.29. The third-order valence-corrected chi connectivity index (χ3v) is 4.04. The number of rotatable bonds is 7. The fraction of sp³-hybridized carbons (Fsp3) is 0.0909. The molecule has 0 unspecified atom stereocenters. The lowest BCUT2D eigenvalue weighted by molar-refractivity contribution is 0.306. The van der Waals surface area contributed by atoms with E-state index in [1.807, 2.05) is 84.9 Å². The van der Waals surface area contributed by atoms with Crippen molar-refractivity contribution in [2.75, 3.05) is 0 Å². The average molecular weight is 375 g/mol. The van der Waals surface area contributed by atoms with Gasteiger partial charge in [0.15, 0.2) is 5.11 Å². The topological polar surface area (TPSA) is 45.7 Å². The fourth-order valence-electron chi connectivity index (χ4n) is 2.37. The predicted molar refractivity (Wildman–Crippen MR) is 114 cm³/mol. The summed E-state index contributed by atoms with van der Waals surface area (Å²) in [5.74, 6) is 0.823. The summed E-state index contributed by atoms with van der Waals surface area (Å²) >= 11 is 5.21. The molecule has 5 heteroatoms. The van der Waals surface area contributed by atoms with Crippen molar-refractivity contribution in [2.45, 2.75) is 13.2 Å². The van der Waals surface area contributed by atoms with E-state index >= 15 is 0 Å². The lowest BCUT2D eigenvalue weighted by Gasteiger charge is -2.07. The molecule has 0 bridgehead atoms. The van der Waals surface area contributed by atoms with E-state index in [9.17, 15) is 0 Å². The van der Waals surface area contributed by atoms with Gasteiger partial charge in [-0.05, 0) is 53.2 Å². The zero-order valence-electron chi connectivity index (χ0n) is 14.8. The number of nitrogens with zero attached hydrogens (tertiary/aromatic N) is 1. The van der Waals surface area contributed by atoms with E-state index in [1.54, 1.807) is 6.21 Å². The summed E-state index contributed by atoms with van der Waals surface area (Å²) in [5, 5.41) is 7.75. The van der Waals surface area contributed by atoms with Gasteiger partial charge in [0.05, 0.1) is 6.21 Å². The molecular formula is C22H21N3OS. The monoisotopic (exact) mass is 375 g/mol. The molecule has 3 aromatic rings. The first-order chi connectivity index (χ1) is 13.3. The van der Waals surface area contributed by atoms with Crippen molar-refractivity contribution in [3.05, 3.63) is 102 Å². The van der Waals surface area contributed by atoms with E-state index in [0.29, 0.717) is 18.3 Å². The molecule has 3 aromatic carbocycles. The van der Waals surface area contributed by atoms with Crippen LogP contribution in [-0.4, -0.2) is 11.3 Å². The molecule has 2 N–H and O–H groups in total. The summed E-state index contributed by atoms with van der Waals surface area (Å²) in [6.45, 7) is 1.22. The molecule has 0 aliphatic rings. The van der Waals surface area contributed by atoms with Crippen molar-refractivity contribution < 1.29 is 4.74 Å². The van der Waals surface area contributed by atoms with Crippen LogP contribution in [0.4, 0.5) is 0 Å². The van der Waals surface area contributed by atoms with Gasteiger partial charge in [-0.3, -0.25) is 5.43 Å². The van der Waals surface area contributed by atoms with Gasteiger partial charge in [0.25, 0.3) is 0 Å². The first kappa shape index (κ1) is 18.6. The normalized spacial score (nSPS) is 10.5. The third-order valence-electron chi connectivity index (χ3n) is 3.80. The summed E-state index contributed by atoms with van der Waals surface area (Å²) in [7, 11) is 0. The molecule has 3 rings (SSSR count). The first-order valence-corrected chi connectivity index (χ1v) is 9.08. The van der Waals surface area contributed by atoms with Crippen LogP contribution in [0.15, 0.2) is 90.0 Å². The molecule has 136 valence electrons. The van der Waals surface area contributed by atoms with Crippen molar-refractivity contribution in [3.8, 4) is 5.75 Å². The molecule has 0 aliphatic heterocycles. The van der Waals surface area contributed by atoms with E-state index in [0.717, 1.165) is 22.4 Å².